The second kappa shape index (κ2) is 14.4. The summed E-state index contributed by atoms with van der Waals surface area (Å²) in [6.45, 7) is 8.16. The predicted molar refractivity (Wildman–Crippen MR) is 145 cm³/mol. The van der Waals surface area contributed by atoms with Gasteiger partial charge in [0.25, 0.3) is 0 Å². The summed E-state index contributed by atoms with van der Waals surface area (Å²) in [6.07, 6.45) is 1.24. The van der Waals surface area contributed by atoms with Gasteiger partial charge >= 0.3 is 13.1 Å². The average molecular weight is 629 g/mol. The molecule has 2 rings (SSSR count). The minimum Gasteiger partial charge on any atom is -0.424 e. The molecule has 2 aromatic carbocycles. The van der Waals surface area contributed by atoms with E-state index in [0.29, 0.717) is 12.8 Å². The molecule has 0 aromatic heterocycles. The van der Waals surface area contributed by atoms with Crippen LogP contribution in [0.25, 0.3) is 4.13 Å². The highest BCUT2D eigenvalue weighted by Crippen LogP contribution is 2.48. The van der Waals surface area contributed by atoms with Crippen molar-refractivity contribution in [1.82, 2.24) is 0 Å². The van der Waals surface area contributed by atoms with Gasteiger partial charge in [-0.05, 0) is 67.3 Å². The first-order valence-electron chi connectivity index (χ1n) is 12.5. The lowest BCUT2D eigenvalue weighted by Crippen LogP contribution is -2.24. The van der Waals surface area contributed by atoms with Crippen LogP contribution >= 0.6 is 7.60 Å². The number of hydrogen-bond donors (Lipinski definition) is 0. The highest BCUT2D eigenvalue weighted by atomic mass is 32.3. The van der Waals surface area contributed by atoms with E-state index in [1.165, 1.54) is 12.1 Å². The maximum Gasteiger partial charge on any atom is 0.480 e. The van der Waals surface area contributed by atoms with E-state index in [9.17, 15) is 34.6 Å². The van der Waals surface area contributed by atoms with Gasteiger partial charge in [0.1, 0.15) is 16.4 Å². The van der Waals surface area contributed by atoms with Crippen LogP contribution in [-0.4, -0.2) is 41.9 Å². The van der Waals surface area contributed by atoms with Crippen LogP contribution in [0.5, 0.6) is 0 Å². The molecule has 2 unspecified atom stereocenters. The Hall–Kier alpha value is -1.80. The molecule has 2 aromatic rings. The van der Waals surface area contributed by atoms with Crippen molar-refractivity contribution < 1.29 is 48.4 Å². The molecule has 0 spiro atoms. The lowest BCUT2D eigenvalue weighted by molar-refractivity contribution is -0.0425. The highest BCUT2D eigenvalue weighted by molar-refractivity contribution is 8.12. The topological polar surface area (TPSA) is 127 Å². The van der Waals surface area contributed by atoms with Crippen molar-refractivity contribution in [3.8, 4) is 0 Å². The number of halogens is 3. The van der Waals surface area contributed by atoms with Crippen LogP contribution in [0.3, 0.4) is 0 Å². The lowest BCUT2D eigenvalue weighted by Gasteiger charge is -2.23. The second-order valence-electron chi connectivity index (χ2n) is 8.95. The van der Waals surface area contributed by atoms with E-state index in [2.05, 4.69) is 4.13 Å². The number of nitrogens with zero attached hydrogens (tertiary/aromatic N) is 1. The molecule has 9 nitrogen and oxygen atoms in total. The fourth-order valence-electron chi connectivity index (χ4n) is 3.95. The number of hydrogen-bond acceptors (Lipinski definition) is 8. The highest BCUT2D eigenvalue weighted by Gasteiger charge is 2.40. The van der Waals surface area contributed by atoms with Crippen LogP contribution in [0.4, 0.5) is 13.2 Å². The van der Waals surface area contributed by atoms with Gasteiger partial charge in [-0.1, -0.05) is 50.2 Å². The van der Waals surface area contributed by atoms with Crippen LogP contribution in [0.2, 0.25) is 0 Å². The van der Waals surface area contributed by atoms with E-state index in [-0.39, 0.29) is 38.0 Å². The fraction of sp³-hybridized carbons (Fsp3) is 0.520. The number of alkyl halides is 3. The van der Waals surface area contributed by atoms with Gasteiger partial charge in [0.05, 0.1) is 19.8 Å². The Balaban J connectivity index is 2.03. The molecule has 0 fully saturated rings. The summed E-state index contributed by atoms with van der Waals surface area (Å²) < 4.78 is 115. The monoisotopic (exact) mass is 628 g/mol. The average Bonchev–Trinajstić information content (AvgIpc) is 2.86. The van der Waals surface area contributed by atoms with Gasteiger partial charge in [-0.2, -0.15) is 13.2 Å². The fourth-order valence-corrected chi connectivity index (χ4v) is 7.47. The molecule has 0 saturated heterocycles. The quantitative estimate of drug-likeness (QED) is 0.181. The summed E-state index contributed by atoms with van der Waals surface area (Å²) >= 11 is 0. The maximum absolute atomic E-state index is 12.6. The first-order valence-corrected chi connectivity index (χ1v) is 17.1. The maximum atomic E-state index is 12.6. The Morgan fingerprint density at radius 3 is 1.88 bits per heavy atom. The van der Waals surface area contributed by atoms with E-state index in [1.807, 2.05) is 38.1 Å². The third kappa shape index (κ3) is 9.64. The van der Waals surface area contributed by atoms with Crippen LogP contribution < -0.4 is 0 Å². The Morgan fingerprint density at radius 2 is 1.40 bits per heavy atom. The Bertz CT molecular complexity index is 1340. The molecule has 0 bridgehead atoms. The molecule has 0 aliphatic carbocycles. The number of ether oxygens (including phenoxy) is 1. The molecular formula is C25H34F3NO8PS2-. The van der Waals surface area contributed by atoms with Gasteiger partial charge in [-0.25, -0.2) is 16.8 Å². The van der Waals surface area contributed by atoms with Gasteiger partial charge in [0, 0.05) is 4.90 Å². The van der Waals surface area contributed by atoms with Crippen molar-refractivity contribution in [3.63, 3.8) is 0 Å². The minimum absolute atomic E-state index is 0.00288. The zero-order chi connectivity index (χ0) is 30.2. The molecule has 0 heterocycles. The van der Waals surface area contributed by atoms with Gasteiger partial charge < -0.3 is 17.9 Å². The van der Waals surface area contributed by atoms with Crippen molar-refractivity contribution in [2.45, 2.75) is 69.4 Å². The van der Waals surface area contributed by atoms with E-state index >= 15 is 0 Å². The number of benzene rings is 2. The van der Waals surface area contributed by atoms with Crippen molar-refractivity contribution in [1.29, 1.82) is 0 Å². The summed E-state index contributed by atoms with van der Waals surface area (Å²) in [6, 6.07) is 12.7. The van der Waals surface area contributed by atoms with Crippen molar-refractivity contribution >= 4 is 27.6 Å². The third-order valence-corrected chi connectivity index (χ3v) is 10.8. The zero-order valence-electron chi connectivity index (χ0n) is 22.6. The molecule has 2 atom stereocenters. The molecule has 0 saturated carbocycles. The summed E-state index contributed by atoms with van der Waals surface area (Å²) in [7, 11) is -14.6. The first kappa shape index (κ1) is 34.4. The van der Waals surface area contributed by atoms with Crippen LogP contribution in [0.15, 0.2) is 53.4 Å². The molecule has 0 aliphatic rings. The minimum atomic E-state index is -6.20. The van der Waals surface area contributed by atoms with E-state index in [0.717, 1.165) is 28.8 Å². The molecule has 226 valence electrons. The van der Waals surface area contributed by atoms with Crippen LogP contribution in [0.1, 0.15) is 69.1 Å². The summed E-state index contributed by atoms with van der Waals surface area (Å²) in [4.78, 5) is -0.649. The first-order chi connectivity index (χ1) is 18.6. The number of rotatable bonds is 16. The largest absolute Gasteiger partial charge is 0.480 e. The normalized spacial score (nSPS) is 14.7. The summed E-state index contributed by atoms with van der Waals surface area (Å²) in [5.41, 5.74) is -3.14. The Morgan fingerprint density at radius 1 is 0.875 bits per heavy atom. The van der Waals surface area contributed by atoms with E-state index in [1.54, 1.807) is 13.8 Å². The molecule has 40 heavy (non-hydrogen) atoms. The number of sulfonamides is 2. The van der Waals surface area contributed by atoms with E-state index in [4.69, 9.17) is 13.8 Å². The molecule has 0 amide bonds. The molecule has 0 radical (unpaired) electrons. The van der Waals surface area contributed by atoms with Crippen molar-refractivity contribution in [3.05, 3.63) is 69.3 Å². The third-order valence-electron chi connectivity index (χ3n) is 5.99. The van der Waals surface area contributed by atoms with Gasteiger partial charge in [-0.3, -0.25) is 4.57 Å². The standard InChI is InChI=1S/C25H34F3NO8PS2/c1-5-21(23-12-14-24(15-13-23)39(31,32)29-40(33,34)25(26,27)28)16-19(4)22-10-8-20(9-11-22)17-35-18-38(30,36-6-2)37-7-3/h8-15,19,21H,5-7,16-18H2,1-4H3/q-1. The molecule has 0 aliphatic heterocycles. The second-order valence-corrected chi connectivity index (χ2v) is 14.4. The summed E-state index contributed by atoms with van der Waals surface area (Å²) in [5, 5.41) is 0. The molecule has 0 N–H and O–H groups in total. The van der Waals surface area contributed by atoms with Gasteiger partial charge in [0.15, 0.2) is 10.0 Å². The molecule has 15 heteroatoms. The summed E-state index contributed by atoms with van der Waals surface area (Å²) in [5.74, 6) is 0.100. The molecular weight excluding hydrogens is 594 g/mol. The lowest BCUT2D eigenvalue weighted by atomic mass is 9.84. The smallest absolute Gasteiger partial charge is 0.424 e. The zero-order valence-corrected chi connectivity index (χ0v) is 25.2. The SMILES string of the molecule is CCOP(=O)(COCc1ccc(C(C)CC(CC)c2ccc(S(=O)(=O)[N-]S(=O)(=O)C(F)(F)F)cc2)cc1)OCC. The Kier molecular flexibility index (Phi) is 12.4. The Labute approximate surface area is 234 Å². The van der Waals surface area contributed by atoms with E-state index < -0.39 is 38.0 Å². The predicted octanol–water partition coefficient (Wildman–Crippen LogP) is 7.03. The van der Waals surface area contributed by atoms with Crippen molar-refractivity contribution in [2.24, 2.45) is 0 Å². The van der Waals surface area contributed by atoms with Crippen LogP contribution in [-0.2, 0) is 45.0 Å². The van der Waals surface area contributed by atoms with Crippen LogP contribution in [0, 0.1) is 0 Å². The van der Waals surface area contributed by atoms with Crippen molar-refractivity contribution in [2.75, 3.05) is 19.6 Å². The van der Waals surface area contributed by atoms with Gasteiger partial charge in [-0.15, -0.1) is 0 Å². The van der Waals surface area contributed by atoms with Gasteiger partial charge in [0.2, 0.25) is 0 Å².